The molecule has 0 aromatic heterocycles. The van der Waals surface area contributed by atoms with Crippen LogP contribution in [0.15, 0.2) is 29.5 Å². The largest absolute Gasteiger partial charge is 0.409 e. The van der Waals surface area contributed by atoms with Gasteiger partial charge >= 0.3 is 0 Å². The van der Waals surface area contributed by atoms with E-state index in [1.165, 1.54) is 0 Å². The normalized spacial score (nSPS) is 32.1. The summed E-state index contributed by atoms with van der Waals surface area (Å²) in [5.41, 5.74) is 5.27. The van der Waals surface area contributed by atoms with Gasteiger partial charge in [0.2, 0.25) is 0 Å². The van der Waals surface area contributed by atoms with Gasteiger partial charge in [-0.25, -0.2) is 0 Å². The number of halogens is 1. The van der Waals surface area contributed by atoms with Gasteiger partial charge in [0.05, 0.1) is 11.0 Å². The van der Waals surface area contributed by atoms with Crippen molar-refractivity contribution in [2.75, 3.05) is 6.61 Å². The zero-order valence-corrected chi connectivity index (χ0v) is 8.61. The summed E-state index contributed by atoms with van der Waals surface area (Å²) >= 11 is 6.16. The zero-order valence-electron chi connectivity index (χ0n) is 7.85. The van der Waals surface area contributed by atoms with Crippen LogP contribution >= 0.6 is 11.6 Å². The van der Waals surface area contributed by atoms with Crippen LogP contribution in [0.25, 0.3) is 0 Å². The minimum atomic E-state index is -0.579. The molecule has 2 atom stereocenters. The van der Waals surface area contributed by atoms with Crippen molar-refractivity contribution in [2.24, 2.45) is 10.9 Å². The van der Waals surface area contributed by atoms with Crippen LogP contribution < -0.4 is 5.73 Å². The summed E-state index contributed by atoms with van der Waals surface area (Å²) in [5, 5.41) is 11.1. The molecule has 1 aliphatic carbocycles. The van der Waals surface area contributed by atoms with Crippen LogP contribution in [0.1, 0.15) is 6.92 Å². The molecule has 0 saturated carbocycles. The van der Waals surface area contributed by atoms with E-state index in [1.54, 1.807) is 0 Å². The lowest BCUT2D eigenvalue weighted by Crippen LogP contribution is -2.36. The van der Waals surface area contributed by atoms with Crippen molar-refractivity contribution < 1.29 is 9.94 Å². The van der Waals surface area contributed by atoms with Crippen LogP contribution in [-0.4, -0.2) is 28.6 Å². The number of oxime groups is 1. The second kappa shape index (κ2) is 4.48. The van der Waals surface area contributed by atoms with E-state index in [2.05, 4.69) is 5.16 Å². The number of ether oxygens (including phenoxy) is 1. The topological polar surface area (TPSA) is 67.8 Å². The molecule has 0 aromatic rings. The van der Waals surface area contributed by atoms with Crippen molar-refractivity contribution in [3.05, 3.63) is 24.3 Å². The highest BCUT2D eigenvalue weighted by Gasteiger charge is 2.29. The van der Waals surface area contributed by atoms with Crippen molar-refractivity contribution in [1.82, 2.24) is 0 Å². The fraction of sp³-hybridized carbons (Fsp3) is 0.444. The van der Waals surface area contributed by atoms with Crippen molar-refractivity contribution in [3.8, 4) is 0 Å². The highest BCUT2D eigenvalue weighted by atomic mass is 35.5. The Bertz CT molecular complexity index is 285. The second-order valence-corrected chi connectivity index (χ2v) is 4.03. The molecule has 0 heterocycles. The Balaban J connectivity index is 2.53. The smallest absolute Gasteiger partial charge is 0.165 e. The number of amidine groups is 1. The van der Waals surface area contributed by atoms with Crippen molar-refractivity contribution >= 4 is 17.4 Å². The van der Waals surface area contributed by atoms with E-state index in [0.717, 1.165) is 0 Å². The molecule has 14 heavy (non-hydrogen) atoms. The standard InChI is InChI=1S/C9H13ClN2O2/c1-9(10)5-3-2-4-7(9)14-6-8(11)12-13/h2-5,7,13H,6H2,1H3,(H2,11,12). The summed E-state index contributed by atoms with van der Waals surface area (Å²) in [4.78, 5) is -0.579. The van der Waals surface area contributed by atoms with Crippen molar-refractivity contribution in [1.29, 1.82) is 0 Å². The van der Waals surface area contributed by atoms with Crippen LogP contribution in [-0.2, 0) is 4.74 Å². The third-order valence-electron chi connectivity index (χ3n) is 1.91. The first-order valence-electron chi connectivity index (χ1n) is 4.19. The van der Waals surface area contributed by atoms with Gasteiger partial charge in [0.25, 0.3) is 0 Å². The number of alkyl halides is 1. The third kappa shape index (κ3) is 2.75. The Morgan fingerprint density at radius 3 is 3.00 bits per heavy atom. The maximum Gasteiger partial charge on any atom is 0.165 e. The number of rotatable bonds is 3. The van der Waals surface area contributed by atoms with Gasteiger partial charge in [-0.2, -0.15) is 0 Å². The molecule has 78 valence electrons. The number of hydrogen-bond donors (Lipinski definition) is 2. The highest BCUT2D eigenvalue weighted by Crippen LogP contribution is 2.27. The molecule has 0 radical (unpaired) electrons. The van der Waals surface area contributed by atoms with E-state index in [4.69, 9.17) is 27.3 Å². The fourth-order valence-corrected chi connectivity index (χ4v) is 1.32. The Labute approximate surface area is 87.7 Å². The monoisotopic (exact) mass is 216 g/mol. The summed E-state index contributed by atoms with van der Waals surface area (Å²) < 4.78 is 5.37. The van der Waals surface area contributed by atoms with Crippen LogP contribution in [0, 0.1) is 0 Å². The molecular formula is C9H13ClN2O2. The first-order chi connectivity index (χ1) is 6.56. The van der Waals surface area contributed by atoms with Gasteiger partial charge < -0.3 is 15.7 Å². The Morgan fingerprint density at radius 1 is 1.71 bits per heavy atom. The van der Waals surface area contributed by atoms with E-state index in [1.807, 2.05) is 31.2 Å². The molecule has 0 aromatic carbocycles. The molecular weight excluding hydrogens is 204 g/mol. The average Bonchev–Trinajstić information content (AvgIpc) is 2.15. The van der Waals surface area contributed by atoms with E-state index in [-0.39, 0.29) is 18.5 Å². The quantitative estimate of drug-likeness (QED) is 0.245. The Kier molecular flexibility index (Phi) is 3.55. The molecule has 0 saturated heterocycles. The fourth-order valence-electron chi connectivity index (χ4n) is 1.11. The minimum absolute atomic E-state index is 0.0282. The van der Waals surface area contributed by atoms with Gasteiger partial charge in [0.1, 0.15) is 6.61 Å². The summed E-state index contributed by atoms with van der Waals surface area (Å²) in [6.45, 7) is 1.90. The molecule has 0 bridgehead atoms. The molecule has 0 amide bonds. The molecule has 1 aliphatic rings. The SMILES string of the molecule is CC1(Cl)C=CC=CC1OCC(N)=NO. The minimum Gasteiger partial charge on any atom is -0.409 e. The Hall–Kier alpha value is -1.00. The summed E-state index contributed by atoms with van der Waals surface area (Å²) in [6.07, 6.45) is 7.11. The third-order valence-corrected chi connectivity index (χ3v) is 2.26. The second-order valence-electron chi connectivity index (χ2n) is 3.22. The number of allylic oxidation sites excluding steroid dienone is 2. The predicted octanol–water partition coefficient (Wildman–Crippen LogP) is 1.24. The van der Waals surface area contributed by atoms with Gasteiger partial charge in [0, 0.05) is 0 Å². The molecule has 1 rings (SSSR count). The van der Waals surface area contributed by atoms with Gasteiger partial charge in [-0.3, -0.25) is 0 Å². The van der Waals surface area contributed by atoms with Crippen LogP contribution in [0.5, 0.6) is 0 Å². The summed E-state index contributed by atoms with van der Waals surface area (Å²) in [7, 11) is 0. The first kappa shape index (κ1) is 11.1. The molecule has 4 nitrogen and oxygen atoms in total. The van der Waals surface area contributed by atoms with Gasteiger partial charge in [-0.05, 0) is 6.92 Å². The predicted molar refractivity (Wildman–Crippen MR) is 55.7 cm³/mol. The molecule has 0 fully saturated rings. The van der Waals surface area contributed by atoms with E-state index >= 15 is 0 Å². The van der Waals surface area contributed by atoms with Gasteiger partial charge in [-0.15, -0.1) is 11.6 Å². The molecule has 3 N–H and O–H groups in total. The molecule has 5 heteroatoms. The molecule has 2 unspecified atom stereocenters. The Morgan fingerprint density at radius 2 is 2.43 bits per heavy atom. The van der Waals surface area contributed by atoms with E-state index in [9.17, 15) is 0 Å². The van der Waals surface area contributed by atoms with E-state index in [0.29, 0.717) is 0 Å². The maximum atomic E-state index is 8.31. The first-order valence-corrected chi connectivity index (χ1v) is 4.57. The highest BCUT2D eigenvalue weighted by molar-refractivity contribution is 6.25. The van der Waals surface area contributed by atoms with Crippen LogP contribution in [0.3, 0.4) is 0 Å². The molecule has 0 aliphatic heterocycles. The van der Waals surface area contributed by atoms with Crippen LogP contribution in [0.4, 0.5) is 0 Å². The van der Waals surface area contributed by atoms with Gasteiger partial charge in [-0.1, -0.05) is 29.5 Å². The number of nitrogens with two attached hydrogens (primary N) is 1. The maximum absolute atomic E-state index is 8.31. The number of nitrogens with zero attached hydrogens (tertiary/aromatic N) is 1. The molecule has 0 spiro atoms. The lowest BCUT2D eigenvalue weighted by molar-refractivity contribution is 0.0971. The van der Waals surface area contributed by atoms with Gasteiger partial charge in [0.15, 0.2) is 5.84 Å². The number of hydrogen-bond acceptors (Lipinski definition) is 3. The zero-order chi connectivity index (χ0) is 10.6. The van der Waals surface area contributed by atoms with Crippen molar-refractivity contribution in [2.45, 2.75) is 17.9 Å². The lowest BCUT2D eigenvalue weighted by atomic mass is 9.99. The summed E-state index contributed by atoms with van der Waals surface area (Å²) in [5.74, 6) is 0.0282. The summed E-state index contributed by atoms with van der Waals surface area (Å²) in [6, 6.07) is 0. The lowest BCUT2D eigenvalue weighted by Gasteiger charge is -2.28. The average molecular weight is 217 g/mol. The van der Waals surface area contributed by atoms with E-state index < -0.39 is 4.87 Å². The van der Waals surface area contributed by atoms with Crippen LogP contribution in [0.2, 0.25) is 0 Å². The van der Waals surface area contributed by atoms with Crippen molar-refractivity contribution in [3.63, 3.8) is 0 Å².